The summed E-state index contributed by atoms with van der Waals surface area (Å²) in [4.78, 5) is 0. The fourth-order valence-electron chi connectivity index (χ4n) is 1.81. The minimum atomic E-state index is -5.66. The van der Waals surface area contributed by atoms with E-state index in [4.69, 9.17) is 15.1 Å². The minimum absolute atomic E-state index is 0.795. The molecule has 0 radical (unpaired) electrons. The molecule has 0 heterocycles. The van der Waals surface area contributed by atoms with Crippen LogP contribution in [0.15, 0.2) is 54.4 Å². The van der Waals surface area contributed by atoms with Crippen molar-refractivity contribution in [2.45, 2.75) is 12.3 Å². The molecule has 0 aliphatic rings. The van der Waals surface area contributed by atoms with E-state index in [2.05, 4.69) is 5.11 Å². The highest BCUT2D eigenvalue weighted by Gasteiger charge is 2.41. The van der Waals surface area contributed by atoms with E-state index in [1.807, 2.05) is 0 Å². The lowest BCUT2D eigenvalue weighted by Crippen LogP contribution is -2.20. The summed E-state index contributed by atoms with van der Waals surface area (Å²) in [7, 11) is 0. The van der Waals surface area contributed by atoms with Crippen molar-refractivity contribution in [1.29, 1.82) is 1.43 Å². The Morgan fingerprint density at radius 1 is 1.00 bits per heavy atom. The Kier molecular flexibility index (Phi) is 1.21. The maximum absolute atomic E-state index is 13.9. The third-order valence-electron chi connectivity index (χ3n) is 2.61. The van der Waals surface area contributed by atoms with Crippen molar-refractivity contribution in [2.75, 3.05) is 0 Å². The number of hydrogen-bond donors (Lipinski definition) is 1. The summed E-state index contributed by atoms with van der Waals surface area (Å²) in [5, 5.41) is 0.125. The molecule has 4 heteroatoms. The third-order valence-corrected chi connectivity index (χ3v) is 2.61. The molecule has 0 aromatic heterocycles. The quantitative estimate of drug-likeness (QED) is 0.684. The molecule has 0 spiro atoms. The topological polar surface area (TPSA) is 20.2 Å². The van der Waals surface area contributed by atoms with Crippen LogP contribution in [0.2, 0.25) is 0 Å². The van der Waals surface area contributed by atoms with Crippen LogP contribution < -0.4 is 0 Å². The van der Waals surface area contributed by atoms with Crippen molar-refractivity contribution in [1.82, 2.24) is 0 Å². The Morgan fingerprint density at radius 3 is 1.95 bits per heavy atom. The summed E-state index contributed by atoms with van der Waals surface area (Å²) in [6.45, 7) is 0. The summed E-state index contributed by atoms with van der Waals surface area (Å²) >= 11 is 0. The third kappa shape index (κ3) is 2.02. The van der Waals surface area contributed by atoms with Gasteiger partial charge >= 0.3 is 6.18 Å². The van der Waals surface area contributed by atoms with Crippen LogP contribution in [0.25, 0.3) is 21.5 Å². The summed E-state index contributed by atoms with van der Waals surface area (Å²) in [6, 6.07) is -8.68. The highest BCUT2D eigenvalue weighted by molar-refractivity contribution is 6.02. The zero-order valence-corrected chi connectivity index (χ0v) is 9.54. The summed E-state index contributed by atoms with van der Waals surface area (Å²) < 4.78 is 128. The summed E-state index contributed by atoms with van der Waals surface area (Å²) in [6.07, 6.45) is -9.96. The summed E-state index contributed by atoms with van der Waals surface area (Å²) in [5.74, 6) is 0. The van der Waals surface area contributed by atoms with Crippen LogP contribution in [0.3, 0.4) is 0 Å². The first-order valence-corrected chi connectivity index (χ1v) is 5.27. The second kappa shape index (κ2) is 4.49. The van der Waals surface area contributed by atoms with Crippen LogP contribution >= 0.6 is 0 Å². The molecule has 0 saturated carbocycles. The fraction of sp³-hybridized carbons (Fsp3) is 0.125. The number of rotatable bonds is 2. The summed E-state index contributed by atoms with van der Waals surface area (Å²) in [5.41, 5.74) is -1.42. The smallest absolute Gasteiger partial charge is 0.379 e. The lowest BCUT2D eigenvalue weighted by molar-refractivity contribution is -0.205. The van der Waals surface area contributed by atoms with Gasteiger partial charge in [0.15, 0.2) is 6.08 Å². The average molecular weight is 287 g/mol. The molecule has 0 unspecified atom stereocenters. The van der Waals surface area contributed by atoms with E-state index in [-0.39, 0.29) is 0 Å². The van der Waals surface area contributed by atoms with Gasteiger partial charge in [-0.1, -0.05) is 48.3 Å². The van der Waals surface area contributed by atoms with Crippen LogP contribution in [0, 0.1) is 0 Å². The number of hydrogen-bond acceptors (Lipinski definition) is 1. The van der Waals surface area contributed by atoms with Gasteiger partial charge in [-0.25, -0.2) is 0 Å². The second-order valence-corrected chi connectivity index (χ2v) is 3.83. The Labute approximate surface area is 128 Å². The molecule has 20 heavy (non-hydrogen) atoms. The minimum Gasteiger partial charge on any atom is -0.379 e. The van der Waals surface area contributed by atoms with Gasteiger partial charge in [-0.15, -0.1) is 0 Å². The van der Waals surface area contributed by atoms with Gasteiger partial charge in [-0.05, 0) is 27.6 Å². The molecule has 0 aliphatic carbocycles. The van der Waals surface area contributed by atoms with Gasteiger partial charge in [-0.3, -0.25) is 0 Å². The molecule has 0 aliphatic heterocycles. The molecule has 1 nitrogen and oxygen atoms in total. The lowest BCUT2D eigenvalue weighted by atomic mass is 9.93. The molecular weight excluding hydrogens is 265 g/mol. The Hall–Kier alpha value is -2.07. The molecule has 0 amide bonds. The van der Waals surface area contributed by atoms with E-state index in [9.17, 15) is 13.2 Å². The first-order chi connectivity index (χ1) is 14.1. The molecule has 102 valence electrons. The first-order valence-electron chi connectivity index (χ1n) is 10.7. The van der Waals surface area contributed by atoms with Gasteiger partial charge in [0.25, 0.3) is 0 Å². The number of benzene rings is 3. The van der Waals surface area contributed by atoms with Crippen molar-refractivity contribution < 1.29 is 32.0 Å². The molecule has 3 rings (SSSR count). The van der Waals surface area contributed by atoms with Crippen LogP contribution in [-0.4, -0.2) is 12.7 Å². The molecule has 3 aromatic rings. The van der Waals surface area contributed by atoms with E-state index >= 15 is 0 Å². The fourth-order valence-corrected chi connectivity index (χ4v) is 1.81. The highest BCUT2D eigenvalue weighted by atomic mass is 19.4. The van der Waals surface area contributed by atoms with Crippen molar-refractivity contribution in [2.24, 2.45) is 0 Å². The van der Waals surface area contributed by atoms with Crippen LogP contribution in [0.5, 0.6) is 0 Å². The second-order valence-electron chi connectivity index (χ2n) is 3.83. The van der Waals surface area contributed by atoms with Crippen molar-refractivity contribution >= 4 is 21.5 Å². The molecule has 3 aromatic carbocycles. The Bertz CT molecular complexity index is 1190. The molecule has 0 bridgehead atoms. The maximum atomic E-state index is 13.9. The average Bonchev–Trinajstić information content (AvgIpc) is 2.70. The van der Waals surface area contributed by atoms with Crippen molar-refractivity contribution in [3.05, 3.63) is 59.9 Å². The molecule has 0 fully saturated rings. The first kappa shape index (κ1) is 5.37. The monoisotopic (exact) mass is 287 g/mol. The van der Waals surface area contributed by atoms with Gasteiger partial charge in [-0.2, -0.15) is 13.2 Å². The van der Waals surface area contributed by atoms with E-state index in [1.165, 1.54) is 0 Å². The largest absolute Gasteiger partial charge is 0.418 e. The SMILES string of the molecule is [2H]O[C@]([2H])(c1c2c([2H])c([2H])c([2H])c([2H])c2c([2H])c2c([2H])c([2H])c([2H])c([2H])c12)C(F)(F)F. The number of halogens is 3. The van der Waals surface area contributed by atoms with Gasteiger partial charge in [0.05, 0.1) is 13.7 Å². The van der Waals surface area contributed by atoms with Crippen LogP contribution in [-0.2, 0) is 0 Å². The van der Waals surface area contributed by atoms with Gasteiger partial charge in [0.2, 0.25) is 1.43 Å². The van der Waals surface area contributed by atoms with E-state index in [1.54, 1.807) is 0 Å². The normalized spacial score (nSPS) is 23.1. The predicted octanol–water partition coefficient (Wildman–Crippen LogP) is 4.59. The van der Waals surface area contributed by atoms with E-state index in [0.717, 1.165) is 0 Å². The molecule has 1 N–H and O–H groups in total. The molecule has 0 saturated heterocycles. The van der Waals surface area contributed by atoms with Crippen molar-refractivity contribution in [3.8, 4) is 0 Å². The van der Waals surface area contributed by atoms with E-state index in [0.29, 0.717) is 0 Å². The number of fused-ring (bicyclic) bond motifs is 2. The number of aliphatic hydroxyl groups is 1. The Morgan fingerprint density at radius 2 is 1.50 bits per heavy atom. The van der Waals surface area contributed by atoms with Gasteiger partial charge < -0.3 is 5.11 Å². The van der Waals surface area contributed by atoms with Gasteiger partial charge in [0.1, 0.15) is 0 Å². The standard InChI is InChI=1S/C16H11F3O/c17-16(18,19)15(20)14-12-7-3-1-5-10(12)9-11-6-2-4-8-13(11)14/h1-9,15,20H/t15-/m1/s1/i1D,2D,3D,4D,5D,6D,7D,8D,9D,15D,20D. The van der Waals surface area contributed by atoms with Crippen LogP contribution in [0.1, 0.15) is 25.4 Å². The van der Waals surface area contributed by atoms with Crippen molar-refractivity contribution in [3.63, 3.8) is 0 Å². The predicted molar refractivity (Wildman–Crippen MR) is 72.5 cm³/mol. The highest BCUT2D eigenvalue weighted by Crippen LogP contribution is 2.40. The number of alkyl halides is 3. The molecule has 1 atom stereocenters. The maximum Gasteiger partial charge on any atom is 0.418 e. The zero-order chi connectivity index (χ0) is 23.8. The van der Waals surface area contributed by atoms with Gasteiger partial charge in [0, 0.05) is 5.56 Å². The molecular formula is C16H11F3O. The Balaban J connectivity index is 2.93. The van der Waals surface area contributed by atoms with Crippen LogP contribution in [0.4, 0.5) is 13.2 Å². The lowest BCUT2D eigenvalue weighted by Gasteiger charge is -2.19. The zero-order valence-electron chi connectivity index (χ0n) is 20.5. The van der Waals surface area contributed by atoms with E-state index < -0.39 is 93.7 Å².